The van der Waals surface area contributed by atoms with Crippen molar-refractivity contribution in [3.8, 4) is 17.6 Å². The summed E-state index contributed by atoms with van der Waals surface area (Å²) in [4.78, 5) is 22.0. The molecule has 0 aliphatic heterocycles. The number of carbonyl (C=O) groups excluding carboxylic acids is 1. The Morgan fingerprint density at radius 2 is 1.93 bits per heavy atom. The first-order chi connectivity index (χ1) is 13.5. The maximum Gasteiger partial charge on any atom is 0.348 e. The van der Waals surface area contributed by atoms with E-state index >= 15 is 0 Å². The second kappa shape index (κ2) is 9.73. The minimum Gasteiger partial charge on any atom is -0.493 e. The largest absolute Gasteiger partial charge is 0.493 e. The first kappa shape index (κ1) is 20.5. The molecule has 0 saturated carbocycles. The standard InChI is InChI=1S/C20H18N2O6/c1-3-27-20(23)16(12-21)10-15-6-9-18(26-2)19(11-15)28-13-14-4-7-17(8-5-14)22(24)25/h4-11H,3,13H2,1-2H3/b16-10-. The lowest BCUT2D eigenvalue weighted by Crippen LogP contribution is -2.06. The van der Waals surface area contributed by atoms with Gasteiger partial charge >= 0.3 is 5.97 Å². The van der Waals surface area contributed by atoms with Crippen molar-refractivity contribution in [1.29, 1.82) is 5.26 Å². The van der Waals surface area contributed by atoms with Gasteiger partial charge in [0.1, 0.15) is 18.2 Å². The Hall–Kier alpha value is -3.86. The lowest BCUT2D eigenvalue weighted by atomic mass is 10.1. The topological polar surface area (TPSA) is 112 Å². The molecule has 0 spiro atoms. The van der Waals surface area contributed by atoms with E-state index in [1.165, 1.54) is 25.3 Å². The molecule has 0 amide bonds. The summed E-state index contributed by atoms with van der Waals surface area (Å²) in [6, 6.07) is 12.8. The van der Waals surface area contributed by atoms with Crippen LogP contribution in [0.2, 0.25) is 0 Å². The summed E-state index contributed by atoms with van der Waals surface area (Å²) in [5, 5.41) is 19.9. The van der Waals surface area contributed by atoms with Gasteiger partial charge in [-0.25, -0.2) is 4.79 Å². The van der Waals surface area contributed by atoms with Crippen LogP contribution in [0.4, 0.5) is 5.69 Å². The monoisotopic (exact) mass is 382 g/mol. The highest BCUT2D eigenvalue weighted by Crippen LogP contribution is 2.30. The Morgan fingerprint density at radius 1 is 1.21 bits per heavy atom. The number of ether oxygens (including phenoxy) is 3. The van der Waals surface area contributed by atoms with Crippen molar-refractivity contribution in [1.82, 2.24) is 0 Å². The molecule has 144 valence electrons. The SMILES string of the molecule is CCOC(=O)/C(C#N)=C\c1ccc(OC)c(OCc2ccc([N+](=O)[O-])cc2)c1. The molecule has 0 aromatic heterocycles. The van der Waals surface area contributed by atoms with Gasteiger partial charge in [-0.05, 0) is 48.4 Å². The summed E-state index contributed by atoms with van der Waals surface area (Å²) in [5.41, 5.74) is 1.16. The van der Waals surface area contributed by atoms with Crippen LogP contribution in [-0.4, -0.2) is 24.6 Å². The summed E-state index contributed by atoms with van der Waals surface area (Å²) >= 11 is 0. The van der Waals surface area contributed by atoms with Crippen molar-refractivity contribution < 1.29 is 23.9 Å². The number of hydrogen-bond acceptors (Lipinski definition) is 7. The minimum atomic E-state index is -0.700. The summed E-state index contributed by atoms with van der Waals surface area (Å²) in [6.45, 7) is 1.99. The van der Waals surface area contributed by atoms with Gasteiger partial charge < -0.3 is 14.2 Å². The van der Waals surface area contributed by atoms with Gasteiger partial charge in [0, 0.05) is 12.1 Å². The number of nitro benzene ring substituents is 1. The van der Waals surface area contributed by atoms with Gasteiger partial charge in [0.2, 0.25) is 0 Å². The molecule has 0 unspecified atom stereocenters. The first-order valence-corrected chi connectivity index (χ1v) is 8.31. The Balaban J connectivity index is 2.21. The average Bonchev–Trinajstić information content (AvgIpc) is 2.70. The van der Waals surface area contributed by atoms with Crippen LogP contribution in [-0.2, 0) is 16.1 Å². The van der Waals surface area contributed by atoms with E-state index in [9.17, 15) is 14.9 Å². The van der Waals surface area contributed by atoms with Gasteiger partial charge in [0.05, 0.1) is 18.6 Å². The van der Waals surface area contributed by atoms with Gasteiger partial charge in [-0.1, -0.05) is 6.07 Å². The third-order valence-corrected chi connectivity index (χ3v) is 3.66. The maximum absolute atomic E-state index is 11.8. The van der Waals surface area contributed by atoms with Crippen molar-refractivity contribution in [3.63, 3.8) is 0 Å². The summed E-state index contributed by atoms with van der Waals surface area (Å²) in [6.07, 6.45) is 1.40. The van der Waals surface area contributed by atoms with Crippen LogP contribution in [0.15, 0.2) is 48.0 Å². The zero-order chi connectivity index (χ0) is 20.5. The zero-order valence-corrected chi connectivity index (χ0v) is 15.4. The van der Waals surface area contributed by atoms with Crippen molar-refractivity contribution in [2.24, 2.45) is 0 Å². The lowest BCUT2D eigenvalue weighted by molar-refractivity contribution is -0.384. The normalized spacial score (nSPS) is 10.7. The first-order valence-electron chi connectivity index (χ1n) is 8.31. The number of methoxy groups -OCH3 is 1. The maximum atomic E-state index is 11.8. The molecule has 0 atom stereocenters. The molecule has 0 fully saturated rings. The number of nitro groups is 1. The number of nitrogens with zero attached hydrogens (tertiary/aromatic N) is 2. The average molecular weight is 382 g/mol. The van der Waals surface area contributed by atoms with Crippen molar-refractivity contribution in [2.75, 3.05) is 13.7 Å². The summed E-state index contributed by atoms with van der Waals surface area (Å²) < 4.78 is 15.9. The third-order valence-electron chi connectivity index (χ3n) is 3.66. The molecule has 2 aromatic rings. The molecule has 2 aromatic carbocycles. The second-order valence-electron chi connectivity index (χ2n) is 5.51. The van der Waals surface area contributed by atoms with Crippen molar-refractivity contribution in [3.05, 3.63) is 69.3 Å². The van der Waals surface area contributed by atoms with E-state index in [4.69, 9.17) is 19.5 Å². The van der Waals surface area contributed by atoms with Gasteiger partial charge in [-0.3, -0.25) is 10.1 Å². The van der Waals surface area contributed by atoms with E-state index in [1.54, 1.807) is 37.3 Å². The molecular formula is C20H18N2O6. The fraction of sp³-hybridized carbons (Fsp3) is 0.200. The predicted molar refractivity (Wildman–Crippen MR) is 101 cm³/mol. The summed E-state index contributed by atoms with van der Waals surface area (Å²) in [7, 11) is 1.49. The highest BCUT2D eigenvalue weighted by molar-refractivity contribution is 5.97. The molecule has 0 N–H and O–H groups in total. The van der Waals surface area contributed by atoms with Crippen LogP contribution >= 0.6 is 0 Å². The number of nitriles is 1. The van der Waals surface area contributed by atoms with E-state index in [0.29, 0.717) is 17.1 Å². The lowest BCUT2D eigenvalue weighted by Gasteiger charge is -2.11. The number of hydrogen-bond donors (Lipinski definition) is 0. The van der Waals surface area contributed by atoms with Crippen LogP contribution < -0.4 is 9.47 Å². The zero-order valence-electron chi connectivity index (χ0n) is 15.4. The number of non-ortho nitro benzene ring substituents is 1. The predicted octanol–water partition coefficient (Wildman–Crippen LogP) is 3.65. The number of carbonyl (C=O) groups is 1. The molecule has 8 nitrogen and oxygen atoms in total. The number of rotatable bonds is 8. The fourth-order valence-corrected chi connectivity index (χ4v) is 2.28. The van der Waals surface area contributed by atoms with Crippen LogP contribution in [0, 0.1) is 21.4 Å². The molecule has 0 saturated heterocycles. The Labute approximate surface area is 161 Å². The van der Waals surface area contributed by atoms with Gasteiger partial charge in [-0.2, -0.15) is 5.26 Å². The molecule has 2 rings (SSSR count). The molecule has 0 aliphatic carbocycles. The molecule has 8 heteroatoms. The smallest absolute Gasteiger partial charge is 0.348 e. The molecular weight excluding hydrogens is 364 g/mol. The van der Waals surface area contributed by atoms with E-state index in [-0.39, 0.29) is 24.5 Å². The van der Waals surface area contributed by atoms with Crippen LogP contribution in [0.5, 0.6) is 11.5 Å². The Bertz CT molecular complexity index is 929. The van der Waals surface area contributed by atoms with Crippen molar-refractivity contribution in [2.45, 2.75) is 13.5 Å². The van der Waals surface area contributed by atoms with E-state index < -0.39 is 10.9 Å². The molecule has 28 heavy (non-hydrogen) atoms. The van der Waals surface area contributed by atoms with Crippen LogP contribution in [0.1, 0.15) is 18.1 Å². The van der Waals surface area contributed by atoms with Gasteiger partial charge in [0.25, 0.3) is 5.69 Å². The van der Waals surface area contributed by atoms with E-state index in [1.807, 2.05) is 6.07 Å². The third kappa shape index (κ3) is 5.32. The minimum absolute atomic E-state index is 0.00327. The molecule has 0 radical (unpaired) electrons. The number of benzene rings is 2. The summed E-state index contributed by atoms with van der Waals surface area (Å²) in [5.74, 6) is 0.165. The quantitative estimate of drug-likeness (QED) is 0.225. The van der Waals surface area contributed by atoms with E-state index in [2.05, 4.69) is 0 Å². The molecule has 0 aliphatic rings. The Kier molecular flexibility index (Phi) is 7.11. The van der Waals surface area contributed by atoms with Crippen molar-refractivity contribution >= 4 is 17.7 Å². The fourth-order valence-electron chi connectivity index (χ4n) is 2.28. The van der Waals surface area contributed by atoms with Gasteiger partial charge in [-0.15, -0.1) is 0 Å². The van der Waals surface area contributed by atoms with Crippen LogP contribution in [0.3, 0.4) is 0 Å². The molecule has 0 heterocycles. The Morgan fingerprint density at radius 3 is 2.50 bits per heavy atom. The highest BCUT2D eigenvalue weighted by atomic mass is 16.6. The van der Waals surface area contributed by atoms with Gasteiger partial charge in [0.15, 0.2) is 11.5 Å². The number of esters is 1. The molecule has 0 bridgehead atoms. The second-order valence-corrected chi connectivity index (χ2v) is 5.51. The van der Waals surface area contributed by atoms with E-state index in [0.717, 1.165) is 5.56 Å². The van der Waals surface area contributed by atoms with Crippen LogP contribution in [0.25, 0.3) is 6.08 Å². The highest BCUT2D eigenvalue weighted by Gasteiger charge is 2.12.